The largest absolute Gasteiger partial charge is 0.117 e. The molecule has 2 rings (SSSR count). The minimum atomic E-state index is -0.0371. The molecule has 0 aliphatic carbocycles. The highest BCUT2D eigenvalue weighted by atomic mass is 35.5. The van der Waals surface area contributed by atoms with Crippen LogP contribution in [0.2, 0.25) is 5.02 Å². The van der Waals surface area contributed by atoms with Gasteiger partial charge in [-0.25, -0.2) is 0 Å². The summed E-state index contributed by atoms with van der Waals surface area (Å²) in [5.74, 6) is 0. The van der Waals surface area contributed by atoms with Crippen molar-refractivity contribution in [2.75, 3.05) is 0 Å². The van der Waals surface area contributed by atoms with Crippen LogP contribution in [0.5, 0.6) is 0 Å². The summed E-state index contributed by atoms with van der Waals surface area (Å²) in [6, 6.07) is 14.5. The van der Waals surface area contributed by atoms with E-state index in [0.717, 1.165) is 22.6 Å². The Labute approximate surface area is 119 Å². The van der Waals surface area contributed by atoms with E-state index < -0.39 is 0 Å². The van der Waals surface area contributed by atoms with Gasteiger partial charge in [0.2, 0.25) is 0 Å². The molecule has 2 aromatic rings. The van der Waals surface area contributed by atoms with Crippen LogP contribution in [0.3, 0.4) is 0 Å². The second kappa shape index (κ2) is 5.77. The molecule has 18 heavy (non-hydrogen) atoms. The van der Waals surface area contributed by atoms with Crippen molar-refractivity contribution in [1.29, 1.82) is 0 Å². The second-order valence-corrected chi connectivity index (χ2v) is 5.60. The van der Waals surface area contributed by atoms with Gasteiger partial charge in [0.25, 0.3) is 0 Å². The van der Waals surface area contributed by atoms with Gasteiger partial charge in [-0.1, -0.05) is 53.6 Å². The molecule has 1 unspecified atom stereocenters. The molecule has 0 radical (unpaired) electrons. The predicted octanol–water partition coefficient (Wildman–Crippen LogP) is 5.48. The fourth-order valence-electron chi connectivity index (χ4n) is 1.97. The molecule has 0 aliphatic heterocycles. The van der Waals surface area contributed by atoms with Crippen LogP contribution in [0.1, 0.15) is 27.6 Å². The first-order chi connectivity index (χ1) is 8.56. The van der Waals surface area contributed by atoms with Crippen LogP contribution in [0, 0.1) is 13.8 Å². The highest BCUT2D eigenvalue weighted by Crippen LogP contribution is 2.28. The van der Waals surface area contributed by atoms with Crippen molar-refractivity contribution in [2.24, 2.45) is 0 Å². The minimum absolute atomic E-state index is 0.0371. The van der Waals surface area contributed by atoms with Crippen molar-refractivity contribution in [3.8, 4) is 0 Å². The van der Waals surface area contributed by atoms with Gasteiger partial charge in [0.1, 0.15) is 0 Å². The third-order valence-corrected chi connectivity index (χ3v) is 3.87. The van der Waals surface area contributed by atoms with Crippen molar-refractivity contribution in [3.63, 3.8) is 0 Å². The van der Waals surface area contributed by atoms with Crippen LogP contribution >= 0.6 is 23.2 Å². The van der Waals surface area contributed by atoms with E-state index in [4.69, 9.17) is 23.2 Å². The molecular weight excluding hydrogens is 263 g/mol. The highest BCUT2D eigenvalue weighted by molar-refractivity contribution is 6.31. The average molecular weight is 279 g/mol. The van der Waals surface area contributed by atoms with E-state index in [2.05, 4.69) is 37.3 Å². The molecule has 0 amide bonds. The van der Waals surface area contributed by atoms with Crippen molar-refractivity contribution in [1.82, 2.24) is 0 Å². The molecule has 2 heteroatoms. The molecule has 0 fully saturated rings. The SMILES string of the molecule is Cc1cccc(CC(Cl)c2ccc(C)c(Cl)c2)c1. The molecule has 0 spiro atoms. The summed E-state index contributed by atoms with van der Waals surface area (Å²) in [7, 11) is 0. The van der Waals surface area contributed by atoms with E-state index in [-0.39, 0.29) is 5.38 Å². The topological polar surface area (TPSA) is 0 Å². The fourth-order valence-corrected chi connectivity index (χ4v) is 2.47. The maximum atomic E-state index is 6.46. The zero-order valence-electron chi connectivity index (χ0n) is 10.6. The van der Waals surface area contributed by atoms with Gasteiger partial charge in [-0.3, -0.25) is 0 Å². The molecule has 0 nitrogen and oxygen atoms in total. The van der Waals surface area contributed by atoms with E-state index in [0.29, 0.717) is 0 Å². The van der Waals surface area contributed by atoms with Crippen molar-refractivity contribution in [2.45, 2.75) is 25.6 Å². The maximum Gasteiger partial charge on any atom is 0.0626 e. The molecule has 1 atom stereocenters. The Morgan fingerprint density at radius 1 is 1.06 bits per heavy atom. The molecule has 94 valence electrons. The number of hydrogen-bond donors (Lipinski definition) is 0. The van der Waals surface area contributed by atoms with Gasteiger partial charge in [-0.2, -0.15) is 0 Å². The second-order valence-electron chi connectivity index (χ2n) is 4.67. The fraction of sp³-hybridized carbons (Fsp3) is 0.250. The lowest BCUT2D eigenvalue weighted by atomic mass is 10.0. The first-order valence-electron chi connectivity index (χ1n) is 6.02. The first-order valence-corrected chi connectivity index (χ1v) is 6.83. The van der Waals surface area contributed by atoms with Gasteiger partial charge in [0, 0.05) is 5.02 Å². The molecule has 0 N–H and O–H groups in total. The number of aryl methyl sites for hydroxylation is 2. The Kier molecular flexibility index (Phi) is 4.31. The third kappa shape index (κ3) is 3.28. The zero-order valence-corrected chi connectivity index (χ0v) is 12.1. The van der Waals surface area contributed by atoms with E-state index >= 15 is 0 Å². The Hall–Kier alpha value is -0.980. The van der Waals surface area contributed by atoms with E-state index in [1.54, 1.807) is 0 Å². The third-order valence-electron chi connectivity index (χ3n) is 3.05. The lowest BCUT2D eigenvalue weighted by Crippen LogP contribution is -1.96. The molecule has 0 saturated carbocycles. The van der Waals surface area contributed by atoms with Crippen LogP contribution in [0.4, 0.5) is 0 Å². The van der Waals surface area contributed by atoms with Crippen molar-refractivity contribution >= 4 is 23.2 Å². The van der Waals surface area contributed by atoms with Gasteiger partial charge in [0.05, 0.1) is 5.38 Å². The Bertz CT molecular complexity index is 547. The number of alkyl halides is 1. The molecule has 2 aromatic carbocycles. The monoisotopic (exact) mass is 278 g/mol. The summed E-state index contributed by atoms with van der Waals surface area (Å²) in [4.78, 5) is 0. The van der Waals surface area contributed by atoms with Crippen molar-refractivity contribution in [3.05, 3.63) is 69.7 Å². The normalized spacial score (nSPS) is 12.4. The van der Waals surface area contributed by atoms with E-state index in [1.165, 1.54) is 11.1 Å². The van der Waals surface area contributed by atoms with Crippen LogP contribution in [0.25, 0.3) is 0 Å². The summed E-state index contributed by atoms with van der Waals surface area (Å²) < 4.78 is 0. The summed E-state index contributed by atoms with van der Waals surface area (Å²) in [6.07, 6.45) is 0.822. The first kappa shape index (κ1) is 13.5. The Morgan fingerprint density at radius 2 is 1.83 bits per heavy atom. The summed E-state index contributed by atoms with van der Waals surface area (Å²) in [6.45, 7) is 4.09. The minimum Gasteiger partial charge on any atom is -0.117 e. The number of halogens is 2. The number of rotatable bonds is 3. The van der Waals surface area contributed by atoms with Gasteiger partial charge < -0.3 is 0 Å². The van der Waals surface area contributed by atoms with Gasteiger partial charge in [0.15, 0.2) is 0 Å². The van der Waals surface area contributed by atoms with Gasteiger partial charge in [-0.05, 0) is 43.0 Å². The predicted molar refractivity (Wildman–Crippen MR) is 79.7 cm³/mol. The lowest BCUT2D eigenvalue weighted by molar-refractivity contribution is 0.917. The Morgan fingerprint density at radius 3 is 2.50 bits per heavy atom. The maximum absolute atomic E-state index is 6.46. The Balaban J connectivity index is 2.16. The summed E-state index contributed by atoms with van der Waals surface area (Å²) >= 11 is 12.6. The van der Waals surface area contributed by atoms with Crippen LogP contribution in [-0.2, 0) is 6.42 Å². The highest BCUT2D eigenvalue weighted by Gasteiger charge is 2.10. The molecule has 0 aliphatic rings. The van der Waals surface area contributed by atoms with Crippen LogP contribution < -0.4 is 0 Å². The molecule has 0 bridgehead atoms. The zero-order chi connectivity index (χ0) is 13.1. The van der Waals surface area contributed by atoms with E-state index in [9.17, 15) is 0 Å². The molecule has 0 aromatic heterocycles. The standard InChI is InChI=1S/C16H16Cl2/c1-11-4-3-5-13(8-11)9-16(18)14-7-6-12(2)15(17)10-14/h3-8,10,16H,9H2,1-2H3. The number of benzene rings is 2. The van der Waals surface area contributed by atoms with Crippen LogP contribution in [0.15, 0.2) is 42.5 Å². The van der Waals surface area contributed by atoms with Crippen molar-refractivity contribution < 1.29 is 0 Å². The summed E-state index contributed by atoms with van der Waals surface area (Å²) in [5.41, 5.74) is 4.68. The molecule has 0 saturated heterocycles. The average Bonchev–Trinajstić information content (AvgIpc) is 2.32. The van der Waals surface area contributed by atoms with Crippen LogP contribution in [-0.4, -0.2) is 0 Å². The smallest absolute Gasteiger partial charge is 0.0626 e. The van der Waals surface area contributed by atoms with Gasteiger partial charge >= 0.3 is 0 Å². The van der Waals surface area contributed by atoms with Gasteiger partial charge in [-0.15, -0.1) is 11.6 Å². The summed E-state index contributed by atoms with van der Waals surface area (Å²) in [5, 5.41) is 0.743. The quantitative estimate of drug-likeness (QED) is 0.653. The lowest BCUT2D eigenvalue weighted by Gasteiger charge is -2.11. The van der Waals surface area contributed by atoms with E-state index in [1.807, 2.05) is 19.1 Å². The molecular formula is C16H16Cl2. The number of hydrogen-bond acceptors (Lipinski definition) is 0. The molecule has 0 heterocycles.